The molecule has 0 bridgehead atoms. The second-order valence-corrected chi connectivity index (χ2v) is 6.72. The highest BCUT2D eigenvalue weighted by Gasteiger charge is 2.17. The van der Waals surface area contributed by atoms with Crippen molar-refractivity contribution in [1.29, 1.82) is 0 Å². The van der Waals surface area contributed by atoms with Crippen LogP contribution in [0.4, 0.5) is 0 Å². The SMILES string of the molecule is Cn1c(COc2ccccc2Cl)nn(C[NH+]2CCCCC2)c1=S. The van der Waals surface area contributed by atoms with Crippen molar-refractivity contribution < 1.29 is 9.64 Å². The summed E-state index contributed by atoms with van der Waals surface area (Å²) in [4.78, 5) is 1.55. The number of quaternary nitrogens is 1. The first-order valence-electron chi connectivity index (χ1n) is 7.99. The number of hydrogen-bond acceptors (Lipinski definition) is 3. The lowest BCUT2D eigenvalue weighted by atomic mass is 10.1. The number of hydrogen-bond donors (Lipinski definition) is 1. The largest absolute Gasteiger partial charge is 0.484 e. The molecule has 1 saturated heterocycles. The average molecular weight is 354 g/mol. The number of nitrogens with one attached hydrogen (secondary N) is 1. The molecule has 0 aliphatic carbocycles. The van der Waals surface area contributed by atoms with E-state index >= 15 is 0 Å². The lowest BCUT2D eigenvalue weighted by Crippen LogP contribution is -3.12. The number of rotatable bonds is 5. The smallest absolute Gasteiger partial charge is 0.202 e. The van der Waals surface area contributed by atoms with Gasteiger partial charge in [0.15, 0.2) is 12.5 Å². The molecule has 0 amide bonds. The molecule has 1 N–H and O–H groups in total. The highest BCUT2D eigenvalue weighted by atomic mass is 35.5. The van der Waals surface area contributed by atoms with Gasteiger partial charge in [0.1, 0.15) is 12.4 Å². The van der Waals surface area contributed by atoms with Crippen molar-refractivity contribution in [1.82, 2.24) is 14.3 Å². The summed E-state index contributed by atoms with van der Waals surface area (Å²) < 4.78 is 10.3. The summed E-state index contributed by atoms with van der Waals surface area (Å²) in [5, 5.41) is 5.24. The Kier molecular flexibility index (Phi) is 5.35. The Balaban J connectivity index is 1.69. The molecule has 124 valence electrons. The van der Waals surface area contributed by atoms with Crippen LogP contribution in [0, 0.1) is 4.77 Å². The number of halogens is 1. The van der Waals surface area contributed by atoms with Crippen LogP contribution < -0.4 is 9.64 Å². The minimum atomic E-state index is 0.353. The lowest BCUT2D eigenvalue weighted by Gasteiger charge is -2.22. The van der Waals surface area contributed by atoms with Gasteiger partial charge in [-0.15, -0.1) is 5.10 Å². The first-order valence-corrected chi connectivity index (χ1v) is 8.77. The maximum absolute atomic E-state index is 6.11. The van der Waals surface area contributed by atoms with Crippen molar-refractivity contribution in [3.8, 4) is 5.75 Å². The maximum atomic E-state index is 6.11. The Morgan fingerprint density at radius 3 is 2.74 bits per heavy atom. The molecule has 1 aliphatic rings. The van der Waals surface area contributed by atoms with E-state index in [4.69, 9.17) is 28.6 Å². The van der Waals surface area contributed by atoms with Gasteiger partial charge in [0, 0.05) is 7.05 Å². The zero-order chi connectivity index (χ0) is 16.2. The molecule has 23 heavy (non-hydrogen) atoms. The van der Waals surface area contributed by atoms with E-state index in [1.807, 2.05) is 40.6 Å². The van der Waals surface area contributed by atoms with Crippen LogP contribution in [0.3, 0.4) is 0 Å². The standard InChI is InChI=1S/C16H21ClN4OS/c1-19-15(11-22-14-8-4-3-7-13(14)17)18-21(16(19)23)12-20-9-5-2-6-10-20/h3-4,7-8H,2,5-6,9-12H2,1H3/p+1. The minimum Gasteiger partial charge on any atom is -0.484 e. The van der Waals surface area contributed by atoms with Crippen LogP contribution in [0.15, 0.2) is 24.3 Å². The fourth-order valence-electron chi connectivity index (χ4n) is 2.89. The Hall–Kier alpha value is -1.37. The van der Waals surface area contributed by atoms with Crippen LogP contribution in [0.1, 0.15) is 25.1 Å². The summed E-state index contributed by atoms with van der Waals surface area (Å²) in [6, 6.07) is 7.45. The van der Waals surface area contributed by atoms with Crippen molar-refractivity contribution in [2.24, 2.45) is 7.05 Å². The highest BCUT2D eigenvalue weighted by molar-refractivity contribution is 7.71. The minimum absolute atomic E-state index is 0.353. The third kappa shape index (κ3) is 3.94. The first-order chi connectivity index (χ1) is 11.1. The topological polar surface area (TPSA) is 36.4 Å². The average Bonchev–Trinajstić information content (AvgIpc) is 2.83. The number of nitrogens with zero attached hydrogens (tertiary/aromatic N) is 3. The molecular weight excluding hydrogens is 332 g/mol. The zero-order valence-corrected chi connectivity index (χ0v) is 14.9. The van der Waals surface area contributed by atoms with E-state index in [2.05, 4.69) is 5.10 Å². The molecule has 1 fully saturated rings. The molecule has 0 radical (unpaired) electrons. The van der Waals surface area contributed by atoms with E-state index in [0.717, 1.165) is 17.3 Å². The Bertz CT molecular complexity index is 721. The van der Waals surface area contributed by atoms with E-state index in [-0.39, 0.29) is 0 Å². The molecule has 0 unspecified atom stereocenters. The van der Waals surface area contributed by atoms with Gasteiger partial charge in [-0.3, -0.25) is 0 Å². The third-order valence-corrected chi connectivity index (χ3v) is 5.06. The van der Waals surface area contributed by atoms with Crippen molar-refractivity contribution in [2.75, 3.05) is 13.1 Å². The summed E-state index contributed by atoms with van der Waals surface area (Å²) in [6.45, 7) is 3.58. The number of piperidine rings is 1. The number of ether oxygens (including phenoxy) is 1. The van der Waals surface area contributed by atoms with Gasteiger partial charge in [-0.25, -0.2) is 0 Å². The molecule has 0 atom stereocenters. The fraction of sp³-hybridized carbons (Fsp3) is 0.500. The summed E-state index contributed by atoms with van der Waals surface area (Å²) >= 11 is 11.6. The van der Waals surface area contributed by atoms with Crippen molar-refractivity contribution in [3.05, 3.63) is 39.9 Å². The van der Waals surface area contributed by atoms with E-state index in [0.29, 0.717) is 17.4 Å². The second kappa shape index (κ2) is 7.47. The molecule has 5 nitrogen and oxygen atoms in total. The van der Waals surface area contributed by atoms with Gasteiger partial charge in [0.2, 0.25) is 4.77 Å². The molecule has 1 aromatic carbocycles. The molecule has 0 saturated carbocycles. The first kappa shape index (κ1) is 16.5. The van der Waals surface area contributed by atoms with Crippen LogP contribution in [-0.4, -0.2) is 27.4 Å². The van der Waals surface area contributed by atoms with Gasteiger partial charge in [-0.05, 0) is 43.6 Å². The monoisotopic (exact) mass is 353 g/mol. The van der Waals surface area contributed by atoms with Crippen molar-refractivity contribution in [2.45, 2.75) is 32.5 Å². The van der Waals surface area contributed by atoms with Gasteiger partial charge < -0.3 is 14.2 Å². The summed E-state index contributed by atoms with van der Waals surface area (Å²) in [5.41, 5.74) is 0. The summed E-state index contributed by atoms with van der Waals surface area (Å²) in [6.07, 6.45) is 3.92. The Morgan fingerprint density at radius 2 is 2.00 bits per heavy atom. The highest BCUT2D eigenvalue weighted by Crippen LogP contribution is 2.23. The number of likely N-dealkylation sites (tertiary alicyclic amines) is 1. The third-order valence-electron chi connectivity index (χ3n) is 4.26. The summed E-state index contributed by atoms with van der Waals surface area (Å²) in [7, 11) is 1.93. The normalized spacial score (nSPS) is 15.7. The van der Waals surface area contributed by atoms with Crippen LogP contribution in [0.2, 0.25) is 5.02 Å². The lowest BCUT2D eigenvalue weighted by molar-refractivity contribution is -0.928. The van der Waals surface area contributed by atoms with Crippen LogP contribution >= 0.6 is 23.8 Å². The molecule has 0 spiro atoms. The van der Waals surface area contributed by atoms with Crippen molar-refractivity contribution in [3.63, 3.8) is 0 Å². The Morgan fingerprint density at radius 1 is 1.26 bits per heavy atom. The van der Waals surface area contributed by atoms with Crippen molar-refractivity contribution >= 4 is 23.8 Å². The summed E-state index contributed by atoms with van der Waals surface area (Å²) in [5.74, 6) is 1.47. The number of para-hydroxylation sites is 1. The van der Waals surface area contributed by atoms with E-state index in [1.54, 1.807) is 4.90 Å². The van der Waals surface area contributed by atoms with Crippen LogP contribution in [0.5, 0.6) is 5.75 Å². The zero-order valence-electron chi connectivity index (χ0n) is 13.3. The molecule has 2 heterocycles. The predicted octanol–water partition coefficient (Wildman–Crippen LogP) is 2.21. The molecule has 1 aromatic heterocycles. The molecule has 3 rings (SSSR count). The molecule has 1 aliphatic heterocycles. The fourth-order valence-corrected chi connectivity index (χ4v) is 3.29. The Labute approximate surface area is 146 Å². The number of aromatic nitrogens is 3. The van der Waals surface area contributed by atoms with E-state index < -0.39 is 0 Å². The van der Waals surface area contributed by atoms with Gasteiger partial charge in [0.05, 0.1) is 18.1 Å². The maximum Gasteiger partial charge on any atom is 0.202 e. The van der Waals surface area contributed by atoms with E-state index in [1.165, 1.54) is 32.4 Å². The van der Waals surface area contributed by atoms with Crippen LogP contribution in [0.25, 0.3) is 0 Å². The van der Waals surface area contributed by atoms with Crippen LogP contribution in [-0.2, 0) is 20.3 Å². The van der Waals surface area contributed by atoms with Gasteiger partial charge in [-0.2, -0.15) is 4.68 Å². The molecule has 7 heteroatoms. The van der Waals surface area contributed by atoms with E-state index in [9.17, 15) is 0 Å². The van der Waals surface area contributed by atoms with Gasteiger partial charge in [-0.1, -0.05) is 23.7 Å². The second-order valence-electron chi connectivity index (χ2n) is 5.95. The number of benzene rings is 1. The predicted molar refractivity (Wildman–Crippen MR) is 92.4 cm³/mol. The van der Waals surface area contributed by atoms with Gasteiger partial charge in [0.25, 0.3) is 0 Å². The quantitative estimate of drug-likeness (QED) is 0.837. The molecular formula is C16H22ClN4OS+. The molecule has 2 aromatic rings. The van der Waals surface area contributed by atoms with Gasteiger partial charge >= 0.3 is 0 Å².